The Morgan fingerprint density at radius 1 is 1.20 bits per heavy atom. The minimum absolute atomic E-state index is 0.0288. The molecule has 0 radical (unpaired) electrons. The molecule has 182 valence electrons. The molecule has 4 rings (SSSR count). The minimum atomic E-state index is -0.604. The van der Waals surface area contributed by atoms with Crippen LogP contribution in [0, 0.1) is 16.7 Å². The maximum Gasteiger partial charge on any atom is 0.493 e. The van der Waals surface area contributed by atoms with E-state index >= 15 is 0 Å². The van der Waals surface area contributed by atoms with Gasteiger partial charge < -0.3 is 25.1 Å². The molecular formula is C25H29BN4O5. The minimum Gasteiger partial charge on any atom is -0.474 e. The average Bonchev–Trinajstić information content (AvgIpc) is 2.85. The van der Waals surface area contributed by atoms with Crippen molar-refractivity contribution < 1.29 is 23.6 Å². The molecule has 2 fully saturated rings. The Kier molecular flexibility index (Phi) is 7.38. The first kappa shape index (κ1) is 24.7. The number of rotatable bonds is 6. The highest BCUT2D eigenvalue weighted by molar-refractivity contribution is 6.61. The highest BCUT2D eigenvalue weighted by atomic mass is 16.6. The molecule has 0 unspecified atom stereocenters. The highest BCUT2D eigenvalue weighted by Crippen LogP contribution is 2.25. The van der Waals surface area contributed by atoms with Crippen LogP contribution in [0.4, 0.5) is 0 Å². The second kappa shape index (κ2) is 10.5. The van der Waals surface area contributed by atoms with Crippen molar-refractivity contribution in [2.45, 2.75) is 51.7 Å². The molecule has 2 aliphatic rings. The lowest BCUT2D eigenvalue weighted by Crippen LogP contribution is -2.48. The topological polar surface area (TPSA) is 137 Å². The summed E-state index contributed by atoms with van der Waals surface area (Å²) >= 11 is 0. The van der Waals surface area contributed by atoms with E-state index in [9.17, 15) is 14.9 Å². The Balaban J connectivity index is 1.36. The number of nitrogens with zero attached hydrogens (tertiary/aromatic N) is 2. The number of carbonyl (C=O) groups is 2. The van der Waals surface area contributed by atoms with Gasteiger partial charge in [0.15, 0.2) is 0 Å². The maximum absolute atomic E-state index is 13.0. The summed E-state index contributed by atoms with van der Waals surface area (Å²) in [6.45, 7) is 5.17. The van der Waals surface area contributed by atoms with Crippen molar-refractivity contribution in [3.63, 3.8) is 0 Å². The molecule has 10 heteroatoms. The van der Waals surface area contributed by atoms with E-state index in [1.807, 2.05) is 0 Å². The van der Waals surface area contributed by atoms with Crippen LogP contribution in [0.2, 0.25) is 0 Å². The van der Waals surface area contributed by atoms with Crippen LogP contribution in [-0.4, -0.2) is 49.3 Å². The summed E-state index contributed by atoms with van der Waals surface area (Å²) < 4.78 is 17.6. The molecule has 9 nitrogen and oxygen atoms in total. The molecule has 35 heavy (non-hydrogen) atoms. The van der Waals surface area contributed by atoms with E-state index in [0.29, 0.717) is 55.5 Å². The molecule has 1 saturated carbocycles. The lowest BCUT2D eigenvalue weighted by Gasteiger charge is -2.33. The molecule has 1 aliphatic carbocycles. The zero-order valence-electron chi connectivity index (χ0n) is 20.0. The van der Waals surface area contributed by atoms with Crippen molar-refractivity contribution in [2.24, 2.45) is 11.1 Å². The fourth-order valence-electron chi connectivity index (χ4n) is 4.29. The van der Waals surface area contributed by atoms with E-state index in [1.54, 1.807) is 36.5 Å². The lowest BCUT2D eigenvalue weighted by atomic mass is 9.74. The Hall–Kier alpha value is -3.42. The van der Waals surface area contributed by atoms with E-state index in [-0.39, 0.29) is 34.9 Å². The van der Waals surface area contributed by atoms with Gasteiger partial charge in [-0.3, -0.25) is 9.59 Å². The van der Waals surface area contributed by atoms with Gasteiger partial charge in [-0.25, -0.2) is 4.98 Å². The zero-order valence-corrected chi connectivity index (χ0v) is 20.0. The molecule has 1 aromatic heterocycles. The van der Waals surface area contributed by atoms with E-state index < -0.39 is 13.0 Å². The molecule has 0 atom stereocenters. The van der Waals surface area contributed by atoms with Crippen LogP contribution in [0.15, 0.2) is 36.5 Å². The predicted molar refractivity (Wildman–Crippen MR) is 129 cm³/mol. The fourth-order valence-corrected chi connectivity index (χ4v) is 4.29. The van der Waals surface area contributed by atoms with Gasteiger partial charge in [-0.15, -0.1) is 0 Å². The van der Waals surface area contributed by atoms with Crippen LogP contribution in [0.25, 0.3) is 0 Å². The van der Waals surface area contributed by atoms with Crippen molar-refractivity contribution in [1.29, 1.82) is 5.26 Å². The van der Waals surface area contributed by atoms with Gasteiger partial charge in [-0.05, 0) is 61.5 Å². The van der Waals surface area contributed by atoms with E-state index in [1.165, 1.54) is 0 Å². The molecule has 0 spiro atoms. The predicted octanol–water partition coefficient (Wildman–Crippen LogP) is 1.94. The van der Waals surface area contributed by atoms with Crippen molar-refractivity contribution in [2.75, 3.05) is 13.2 Å². The number of pyridine rings is 1. The standard InChI is InChI=1S/C25H29BN4O5/c1-25(2)14-33-26(34-15-25)18-11-16(13-27)10-17(12-18)23(32)30-19-5-7-20(8-6-19)35-24-21(22(28)31)4-3-9-29-24/h3-4,9-12,19-20H,5-8,14-15H2,1-2H3,(H2,28,31)(H,30,32)/t19-,20-. The van der Waals surface area contributed by atoms with Crippen molar-refractivity contribution in [3.05, 3.63) is 53.2 Å². The van der Waals surface area contributed by atoms with Gasteiger partial charge in [0.1, 0.15) is 11.7 Å². The van der Waals surface area contributed by atoms with Crippen molar-refractivity contribution in [1.82, 2.24) is 10.3 Å². The van der Waals surface area contributed by atoms with Crippen LogP contribution >= 0.6 is 0 Å². The molecule has 0 bridgehead atoms. The third kappa shape index (κ3) is 6.18. The summed E-state index contributed by atoms with van der Waals surface area (Å²) in [5.41, 5.74) is 7.01. The van der Waals surface area contributed by atoms with Gasteiger partial charge >= 0.3 is 7.12 Å². The quantitative estimate of drug-likeness (QED) is 0.608. The van der Waals surface area contributed by atoms with Crippen molar-refractivity contribution in [3.8, 4) is 11.9 Å². The molecule has 1 saturated heterocycles. The Bertz CT molecular complexity index is 1130. The van der Waals surface area contributed by atoms with Crippen LogP contribution in [0.5, 0.6) is 5.88 Å². The number of primary amides is 1. The number of carbonyl (C=O) groups excluding carboxylic acids is 2. The summed E-state index contributed by atoms with van der Waals surface area (Å²) in [5, 5.41) is 12.5. The smallest absolute Gasteiger partial charge is 0.474 e. The number of aromatic nitrogens is 1. The third-order valence-electron chi connectivity index (χ3n) is 6.19. The number of ether oxygens (including phenoxy) is 1. The maximum atomic E-state index is 13.0. The van der Waals surface area contributed by atoms with Gasteiger partial charge in [0.05, 0.1) is 11.6 Å². The normalized spacial score (nSPS) is 21.6. The third-order valence-corrected chi connectivity index (χ3v) is 6.19. The number of nitrogens with one attached hydrogen (secondary N) is 1. The first-order chi connectivity index (χ1) is 16.7. The summed E-state index contributed by atoms with van der Waals surface area (Å²) in [5.74, 6) is -0.589. The summed E-state index contributed by atoms with van der Waals surface area (Å²) in [6.07, 6.45) is 4.26. The molecule has 2 aromatic rings. The Morgan fingerprint density at radius 2 is 1.91 bits per heavy atom. The van der Waals surface area contributed by atoms with Crippen LogP contribution in [-0.2, 0) is 9.31 Å². The first-order valence-corrected chi connectivity index (χ1v) is 11.7. The van der Waals surface area contributed by atoms with Crippen LogP contribution in [0.3, 0.4) is 0 Å². The van der Waals surface area contributed by atoms with Crippen molar-refractivity contribution >= 4 is 24.4 Å². The second-order valence-electron chi connectivity index (χ2n) is 9.86. The van der Waals surface area contributed by atoms with E-state index in [0.717, 1.165) is 0 Å². The molecule has 3 N–H and O–H groups in total. The van der Waals surface area contributed by atoms with Gasteiger partial charge in [0, 0.05) is 36.4 Å². The fraction of sp³-hybridized carbons (Fsp3) is 0.440. The average molecular weight is 476 g/mol. The number of nitrogens with two attached hydrogens (primary N) is 1. The molecule has 1 aromatic carbocycles. The second-order valence-corrected chi connectivity index (χ2v) is 9.86. The number of hydrogen-bond acceptors (Lipinski definition) is 7. The Morgan fingerprint density at radius 3 is 2.57 bits per heavy atom. The number of nitriles is 1. The highest BCUT2D eigenvalue weighted by Gasteiger charge is 2.34. The molecule has 1 aliphatic heterocycles. The van der Waals surface area contributed by atoms with E-state index in [2.05, 4.69) is 30.2 Å². The van der Waals surface area contributed by atoms with Gasteiger partial charge in [-0.2, -0.15) is 5.26 Å². The van der Waals surface area contributed by atoms with Crippen LogP contribution in [0.1, 0.15) is 65.8 Å². The first-order valence-electron chi connectivity index (χ1n) is 11.7. The number of amides is 2. The largest absolute Gasteiger partial charge is 0.493 e. The summed E-state index contributed by atoms with van der Waals surface area (Å²) in [7, 11) is -0.604. The summed E-state index contributed by atoms with van der Waals surface area (Å²) in [6, 6.07) is 10.3. The molecule has 2 amide bonds. The number of benzene rings is 1. The van der Waals surface area contributed by atoms with E-state index in [4.69, 9.17) is 19.8 Å². The molecule has 2 heterocycles. The monoisotopic (exact) mass is 476 g/mol. The van der Waals surface area contributed by atoms with Gasteiger partial charge in [0.25, 0.3) is 11.8 Å². The summed E-state index contributed by atoms with van der Waals surface area (Å²) in [4.78, 5) is 28.7. The van der Waals surface area contributed by atoms with Gasteiger partial charge in [0.2, 0.25) is 5.88 Å². The zero-order chi connectivity index (χ0) is 25.0. The van der Waals surface area contributed by atoms with Gasteiger partial charge in [-0.1, -0.05) is 13.8 Å². The van der Waals surface area contributed by atoms with Crippen LogP contribution < -0.4 is 21.3 Å². The molecular weight excluding hydrogens is 447 g/mol. The number of hydrogen-bond donors (Lipinski definition) is 2. The SMILES string of the molecule is CC1(C)COB(c2cc(C#N)cc(C(=O)N[C@H]3CC[C@H](Oc4ncccc4C(N)=O)CC3)c2)OC1. The lowest BCUT2D eigenvalue weighted by molar-refractivity contribution is 0.0343. The Labute approximate surface area is 205 Å².